The number of carbonyl (C=O) groups excluding carboxylic acids is 1. The third-order valence-corrected chi connectivity index (χ3v) is 7.33. The van der Waals surface area contributed by atoms with E-state index in [1.165, 1.54) is 16.8 Å². The minimum Gasteiger partial charge on any atom is -0.465 e. The van der Waals surface area contributed by atoms with E-state index in [1.807, 2.05) is 54.2 Å². The van der Waals surface area contributed by atoms with Crippen molar-refractivity contribution in [2.45, 2.75) is 38.8 Å². The maximum absolute atomic E-state index is 12.7. The van der Waals surface area contributed by atoms with Gasteiger partial charge in [-0.2, -0.15) is 10.2 Å². The maximum Gasteiger partial charge on any atom is 0.411 e. The molecular weight excluding hydrogens is 524 g/mol. The largest absolute Gasteiger partial charge is 0.465 e. The van der Waals surface area contributed by atoms with Crippen LogP contribution < -0.4 is 10.6 Å². The van der Waals surface area contributed by atoms with Gasteiger partial charge in [-0.1, -0.05) is 37.3 Å². The van der Waals surface area contributed by atoms with Gasteiger partial charge in [-0.15, -0.1) is 0 Å². The number of nitrogens with zero attached hydrogens (tertiary/aromatic N) is 6. The van der Waals surface area contributed by atoms with E-state index in [0.717, 1.165) is 27.7 Å². The average Bonchev–Trinajstić information content (AvgIpc) is 3.54. The number of fused-ring (bicyclic) bond motifs is 2. The fraction of sp³-hybridized carbons (Fsp3) is 0.276. The van der Waals surface area contributed by atoms with Gasteiger partial charge in [0, 0.05) is 42.6 Å². The number of hydrogen-bond acceptors (Lipinski definition) is 7. The van der Waals surface area contributed by atoms with E-state index in [4.69, 9.17) is 9.84 Å². The van der Waals surface area contributed by atoms with Crippen LogP contribution in [-0.4, -0.2) is 65.8 Å². The van der Waals surface area contributed by atoms with E-state index in [2.05, 4.69) is 37.9 Å². The molecule has 3 N–H and O–H groups in total. The molecule has 12 nitrogen and oxygen atoms in total. The summed E-state index contributed by atoms with van der Waals surface area (Å²) in [6.07, 6.45) is 4.74. The monoisotopic (exact) mass is 554 g/mol. The lowest BCUT2D eigenvalue weighted by Crippen LogP contribution is -2.41. The molecule has 1 aliphatic rings. The zero-order valence-corrected chi connectivity index (χ0v) is 22.5. The molecule has 0 bridgehead atoms. The van der Waals surface area contributed by atoms with Gasteiger partial charge in [0.1, 0.15) is 17.9 Å². The molecule has 5 aromatic rings. The first-order chi connectivity index (χ1) is 20.0. The van der Waals surface area contributed by atoms with Gasteiger partial charge < -0.3 is 20.1 Å². The average molecular weight is 555 g/mol. The third kappa shape index (κ3) is 5.49. The normalized spacial score (nSPS) is 13.9. The van der Waals surface area contributed by atoms with Gasteiger partial charge in [-0.25, -0.2) is 19.1 Å². The molecular formula is C29H30N8O4. The zero-order chi connectivity index (χ0) is 28.3. The molecule has 12 heteroatoms. The van der Waals surface area contributed by atoms with Crippen LogP contribution in [0.15, 0.2) is 67.3 Å². The van der Waals surface area contributed by atoms with Crippen molar-refractivity contribution < 1.29 is 19.4 Å². The summed E-state index contributed by atoms with van der Waals surface area (Å²) in [4.78, 5) is 29.7. The summed E-state index contributed by atoms with van der Waals surface area (Å²) >= 11 is 0. The van der Waals surface area contributed by atoms with Crippen molar-refractivity contribution in [1.29, 1.82) is 0 Å². The second-order valence-electron chi connectivity index (χ2n) is 9.96. The number of ether oxygens (including phenoxy) is 1. The van der Waals surface area contributed by atoms with Crippen LogP contribution in [0.25, 0.3) is 16.4 Å². The van der Waals surface area contributed by atoms with Crippen LogP contribution in [0, 0.1) is 0 Å². The van der Waals surface area contributed by atoms with Crippen molar-refractivity contribution in [2.24, 2.45) is 0 Å². The first-order valence-corrected chi connectivity index (χ1v) is 13.6. The third-order valence-electron chi connectivity index (χ3n) is 7.33. The number of hydrogen-bond donors (Lipinski definition) is 3. The van der Waals surface area contributed by atoms with Crippen molar-refractivity contribution in [3.63, 3.8) is 0 Å². The number of carboxylic acid groups (broad SMARTS) is 1. The number of carbonyl (C=O) groups is 2. The number of amides is 2. The topological polar surface area (TPSA) is 139 Å². The Morgan fingerprint density at radius 1 is 1.10 bits per heavy atom. The number of nitrogens with one attached hydrogen (secondary N) is 2. The van der Waals surface area contributed by atoms with Crippen molar-refractivity contribution in [3.05, 3.63) is 78.4 Å². The molecule has 0 radical (unpaired) electrons. The predicted octanol–water partition coefficient (Wildman–Crippen LogP) is 5.12. The van der Waals surface area contributed by atoms with Gasteiger partial charge in [0.05, 0.1) is 30.1 Å². The highest BCUT2D eigenvalue weighted by Crippen LogP contribution is 2.31. The van der Waals surface area contributed by atoms with Crippen LogP contribution in [0.3, 0.4) is 0 Å². The van der Waals surface area contributed by atoms with Crippen LogP contribution in [0.2, 0.25) is 0 Å². The Morgan fingerprint density at radius 2 is 1.90 bits per heavy atom. The van der Waals surface area contributed by atoms with E-state index in [-0.39, 0.29) is 6.10 Å². The summed E-state index contributed by atoms with van der Waals surface area (Å²) in [5.74, 6) is 0.607. The minimum atomic E-state index is -0.954. The summed E-state index contributed by atoms with van der Waals surface area (Å²) in [5.41, 5.74) is 5.26. The van der Waals surface area contributed by atoms with Crippen LogP contribution in [0.1, 0.15) is 30.9 Å². The maximum atomic E-state index is 12.7. The van der Waals surface area contributed by atoms with Crippen molar-refractivity contribution in [3.8, 4) is 0 Å². The van der Waals surface area contributed by atoms with Gasteiger partial charge in [-0.3, -0.25) is 10.00 Å². The molecule has 0 unspecified atom stereocenters. The number of aromatic nitrogens is 5. The highest BCUT2D eigenvalue weighted by Gasteiger charge is 2.25. The fourth-order valence-corrected chi connectivity index (χ4v) is 5.27. The zero-order valence-electron chi connectivity index (χ0n) is 22.5. The Bertz CT molecular complexity index is 1710. The van der Waals surface area contributed by atoms with Crippen molar-refractivity contribution in [2.75, 3.05) is 23.7 Å². The molecule has 3 aromatic heterocycles. The standard InChI is InChI=1S/C29H30N8O4/c1-2-23-24(34-28(38)41-22-10-12-35(13-11-22)29(39)40)17-37-26(23)27(30-18-32-37)33-21-8-9-25-20(14-21)15-31-36(25)16-19-6-4-3-5-7-19/h3-9,14-15,17-18,22H,2,10-13,16H2,1H3,(H,34,38)(H,39,40)(H,30,32,33). The number of rotatable bonds is 7. The Kier molecular flexibility index (Phi) is 7.11. The molecule has 1 saturated heterocycles. The molecule has 1 fully saturated rings. The lowest BCUT2D eigenvalue weighted by Gasteiger charge is -2.29. The Hall–Kier alpha value is -5.13. The molecule has 0 saturated carbocycles. The lowest BCUT2D eigenvalue weighted by atomic mass is 10.1. The van der Waals surface area contributed by atoms with E-state index in [0.29, 0.717) is 50.4 Å². The number of anilines is 3. The SMILES string of the molecule is CCc1c(NC(=O)OC2CCN(C(=O)O)CC2)cn2ncnc(Nc3ccc4c(cnn4Cc4ccccc4)c3)c12. The van der Waals surface area contributed by atoms with Crippen molar-refractivity contribution in [1.82, 2.24) is 29.3 Å². The first kappa shape index (κ1) is 26.1. The molecule has 0 atom stereocenters. The van der Waals surface area contributed by atoms with Gasteiger partial charge in [0.25, 0.3) is 0 Å². The molecule has 6 rings (SSSR count). The van der Waals surface area contributed by atoms with E-state index < -0.39 is 12.2 Å². The van der Waals surface area contributed by atoms with Crippen LogP contribution in [0.5, 0.6) is 0 Å². The first-order valence-electron chi connectivity index (χ1n) is 13.6. The lowest BCUT2D eigenvalue weighted by molar-refractivity contribution is 0.0583. The van der Waals surface area contributed by atoms with E-state index >= 15 is 0 Å². The molecule has 2 amide bonds. The summed E-state index contributed by atoms with van der Waals surface area (Å²) in [5, 5.41) is 25.3. The molecule has 0 spiro atoms. The second kappa shape index (κ2) is 11.2. The number of aryl methyl sites for hydroxylation is 1. The predicted molar refractivity (Wildman–Crippen MR) is 154 cm³/mol. The number of benzene rings is 2. The molecule has 4 heterocycles. The summed E-state index contributed by atoms with van der Waals surface area (Å²) < 4.78 is 9.25. The molecule has 2 aromatic carbocycles. The quantitative estimate of drug-likeness (QED) is 0.252. The fourth-order valence-electron chi connectivity index (χ4n) is 5.27. The second-order valence-corrected chi connectivity index (χ2v) is 9.96. The van der Waals surface area contributed by atoms with E-state index in [9.17, 15) is 9.59 Å². The van der Waals surface area contributed by atoms with Crippen LogP contribution in [0.4, 0.5) is 26.8 Å². The number of piperidine rings is 1. The van der Waals surface area contributed by atoms with Gasteiger partial charge in [0.15, 0.2) is 5.82 Å². The molecule has 210 valence electrons. The van der Waals surface area contributed by atoms with E-state index in [1.54, 1.807) is 10.7 Å². The molecule has 0 aliphatic carbocycles. The summed E-state index contributed by atoms with van der Waals surface area (Å²) in [7, 11) is 0. The Morgan fingerprint density at radius 3 is 2.66 bits per heavy atom. The highest BCUT2D eigenvalue weighted by atomic mass is 16.6. The smallest absolute Gasteiger partial charge is 0.411 e. The van der Waals surface area contributed by atoms with Gasteiger partial charge >= 0.3 is 12.2 Å². The van der Waals surface area contributed by atoms with Crippen LogP contribution in [-0.2, 0) is 17.7 Å². The molecule has 1 aliphatic heterocycles. The Balaban J connectivity index is 1.19. The number of likely N-dealkylation sites (tertiary alicyclic amines) is 1. The minimum absolute atomic E-state index is 0.336. The van der Waals surface area contributed by atoms with Gasteiger partial charge in [-0.05, 0) is 30.2 Å². The molecule has 41 heavy (non-hydrogen) atoms. The van der Waals surface area contributed by atoms with Crippen molar-refractivity contribution >= 4 is 45.8 Å². The van der Waals surface area contributed by atoms with Gasteiger partial charge in [0.2, 0.25) is 0 Å². The van der Waals surface area contributed by atoms with Crippen LogP contribution >= 0.6 is 0 Å². The Labute approximate surface area is 235 Å². The summed E-state index contributed by atoms with van der Waals surface area (Å²) in [6, 6.07) is 16.3. The highest BCUT2D eigenvalue weighted by molar-refractivity contribution is 5.91. The summed E-state index contributed by atoms with van der Waals surface area (Å²) in [6.45, 7) is 3.37.